The van der Waals surface area contributed by atoms with Gasteiger partial charge in [0, 0.05) is 37.3 Å². The number of carbonyl (C=O) groups excluding carboxylic acids is 1. The Labute approximate surface area is 165 Å². The van der Waals surface area contributed by atoms with Crippen molar-refractivity contribution in [3.8, 4) is 0 Å². The predicted molar refractivity (Wildman–Crippen MR) is 106 cm³/mol. The molecule has 1 N–H and O–H groups in total. The zero-order chi connectivity index (χ0) is 19.7. The highest BCUT2D eigenvalue weighted by molar-refractivity contribution is 5.92. The summed E-state index contributed by atoms with van der Waals surface area (Å²) in [6.07, 6.45) is 1.38. The molecule has 2 aromatic rings. The molecule has 7 nitrogen and oxygen atoms in total. The van der Waals surface area contributed by atoms with Crippen molar-refractivity contribution in [2.24, 2.45) is 0 Å². The van der Waals surface area contributed by atoms with Crippen LogP contribution in [0.15, 0.2) is 24.3 Å². The Morgan fingerprint density at radius 1 is 1.00 bits per heavy atom. The van der Waals surface area contributed by atoms with Crippen LogP contribution in [0.1, 0.15) is 40.2 Å². The van der Waals surface area contributed by atoms with Crippen molar-refractivity contribution in [2.75, 3.05) is 31.6 Å². The molecule has 2 saturated heterocycles. The van der Waals surface area contributed by atoms with Crippen LogP contribution in [0.5, 0.6) is 0 Å². The number of likely N-dealkylation sites (tertiary alicyclic amines) is 1. The molecule has 2 aliphatic heterocycles. The highest BCUT2D eigenvalue weighted by Crippen LogP contribution is 2.31. The number of anilines is 2. The second-order valence-corrected chi connectivity index (χ2v) is 7.62. The molecule has 0 atom stereocenters. The Morgan fingerprint density at radius 3 is 2.29 bits per heavy atom. The van der Waals surface area contributed by atoms with Crippen molar-refractivity contribution in [1.29, 1.82) is 0 Å². The summed E-state index contributed by atoms with van der Waals surface area (Å²) in [5.41, 5.74) is 4.39. The maximum absolute atomic E-state index is 13.0. The van der Waals surface area contributed by atoms with Gasteiger partial charge in [0.1, 0.15) is 5.69 Å². The van der Waals surface area contributed by atoms with Crippen LogP contribution in [0.2, 0.25) is 0 Å². The van der Waals surface area contributed by atoms with Gasteiger partial charge in [0.05, 0.1) is 13.2 Å². The average molecular weight is 382 g/mol. The maximum atomic E-state index is 13.0. The summed E-state index contributed by atoms with van der Waals surface area (Å²) in [7, 11) is 0. The van der Waals surface area contributed by atoms with Gasteiger partial charge in [0.25, 0.3) is 5.91 Å². The molecule has 7 heteroatoms. The van der Waals surface area contributed by atoms with E-state index in [-0.39, 0.29) is 5.91 Å². The molecule has 4 rings (SSSR count). The highest BCUT2D eigenvalue weighted by atomic mass is 16.7. The zero-order valence-electron chi connectivity index (χ0n) is 16.6. The third kappa shape index (κ3) is 4.00. The topological polar surface area (TPSA) is 76.6 Å². The lowest BCUT2D eigenvalue weighted by Gasteiger charge is -2.37. The molecule has 2 fully saturated rings. The van der Waals surface area contributed by atoms with E-state index < -0.39 is 5.79 Å². The van der Waals surface area contributed by atoms with Gasteiger partial charge in [-0.15, -0.1) is 0 Å². The second-order valence-electron chi connectivity index (χ2n) is 7.62. The van der Waals surface area contributed by atoms with E-state index in [0.29, 0.717) is 50.8 Å². The third-order valence-electron chi connectivity index (χ3n) is 5.18. The first-order valence-corrected chi connectivity index (χ1v) is 9.71. The van der Waals surface area contributed by atoms with E-state index in [2.05, 4.69) is 21.4 Å². The average Bonchev–Trinajstić information content (AvgIpc) is 3.08. The fraction of sp³-hybridized carbons (Fsp3) is 0.476. The number of hydrogen-bond donors (Lipinski definition) is 1. The molecule has 1 aromatic carbocycles. The summed E-state index contributed by atoms with van der Waals surface area (Å²) < 4.78 is 11.5. The molecule has 148 valence electrons. The molecular formula is C21H26N4O3. The predicted octanol–water partition coefficient (Wildman–Crippen LogP) is 3.12. The van der Waals surface area contributed by atoms with Crippen LogP contribution in [-0.4, -0.2) is 52.9 Å². The third-order valence-corrected chi connectivity index (χ3v) is 5.18. The summed E-state index contributed by atoms with van der Waals surface area (Å²) in [6.45, 7) is 8.43. The number of amides is 1. The first kappa shape index (κ1) is 18.8. The Hall–Kier alpha value is -2.51. The number of rotatable bonds is 3. The Kier molecular flexibility index (Phi) is 5.03. The van der Waals surface area contributed by atoms with Crippen molar-refractivity contribution >= 4 is 17.5 Å². The van der Waals surface area contributed by atoms with Gasteiger partial charge in [0.2, 0.25) is 5.95 Å². The zero-order valence-corrected chi connectivity index (χ0v) is 16.6. The minimum atomic E-state index is -0.492. The molecule has 1 aromatic heterocycles. The van der Waals surface area contributed by atoms with Crippen LogP contribution in [0, 0.1) is 20.8 Å². The number of hydrogen-bond acceptors (Lipinski definition) is 6. The number of carbonyl (C=O) groups is 1. The van der Waals surface area contributed by atoms with Gasteiger partial charge < -0.3 is 19.7 Å². The van der Waals surface area contributed by atoms with Crippen molar-refractivity contribution in [3.63, 3.8) is 0 Å². The number of piperidine rings is 1. The lowest BCUT2D eigenvalue weighted by atomic mass is 10.0. The van der Waals surface area contributed by atoms with E-state index in [1.807, 2.05) is 37.8 Å². The number of benzene rings is 1. The molecule has 1 spiro atoms. The van der Waals surface area contributed by atoms with E-state index >= 15 is 0 Å². The van der Waals surface area contributed by atoms with Gasteiger partial charge in [-0.2, -0.15) is 0 Å². The van der Waals surface area contributed by atoms with Crippen LogP contribution in [0.25, 0.3) is 0 Å². The molecule has 0 radical (unpaired) electrons. The maximum Gasteiger partial charge on any atom is 0.272 e. The van der Waals surface area contributed by atoms with Crippen molar-refractivity contribution in [3.05, 3.63) is 46.8 Å². The number of aromatic nitrogens is 2. The van der Waals surface area contributed by atoms with Crippen LogP contribution in [0.3, 0.4) is 0 Å². The number of nitrogens with one attached hydrogen (secondary N) is 1. The summed E-state index contributed by atoms with van der Waals surface area (Å²) in [6, 6.07) is 7.91. The number of ether oxygens (including phenoxy) is 2. The van der Waals surface area contributed by atoms with Crippen molar-refractivity contribution in [1.82, 2.24) is 14.9 Å². The quantitative estimate of drug-likeness (QED) is 0.879. The van der Waals surface area contributed by atoms with Crippen LogP contribution in [-0.2, 0) is 9.47 Å². The molecule has 0 unspecified atom stereocenters. The van der Waals surface area contributed by atoms with E-state index in [1.165, 1.54) is 0 Å². The monoisotopic (exact) mass is 382 g/mol. The standard InChI is InChI=1S/C21H26N4O3/c1-14-10-15(2)12-17(11-14)23-20-22-16(3)13-18(24-20)19(26)25-6-4-21(5-7-25)27-8-9-28-21/h10-13H,4-9H2,1-3H3,(H,22,23,24). The van der Waals surface area contributed by atoms with Gasteiger partial charge in [-0.1, -0.05) is 6.07 Å². The first-order chi connectivity index (χ1) is 13.4. The Bertz CT molecular complexity index is 863. The van der Waals surface area contributed by atoms with Crippen LogP contribution >= 0.6 is 0 Å². The second kappa shape index (κ2) is 7.48. The normalized spacial score (nSPS) is 18.5. The van der Waals surface area contributed by atoms with Gasteiger partial charge >= 0.3 is 0 Å². The fourth-order valence-electron chi connectivity index (χ4n) is 3.91. The van der Waals surface area contributed by atoms with E-state index in [9.17, 15) is 4.79 Å². The van der Waals surface area contributed by atoms with Gasteiger partial charge in [0.15, 0.2) is 5.79 Å². The molecule has 0 bridgehead atoms. The van der Waals surface area contributed by atoms with Gasteiger partial charge in [-0.25, -0.2) is 9.97 Å². The minimum Gasteiger partial charge on any atom is -0.347 e. The van der Waals surface area contributed by atoms with E-state index in [4.69, 9.17) is 9.47 Å². The summed E-state index contributed by atoms with van der Waals surface area (Å²) in [4.78, 5) is 23.7. The lowest BCUT2D eigenvalue weighted by Crippen LogP contribution is -2.47. The number of nitrogens with zero attached hydrogens (tertiary/aromatic N) is 3. The SMILES string of the molecule is Cc1cc(C)cc(Nc2nc(C)cc(C(=O)N3CCC4(CC3)OCCO4)n2)c1. The molecule has 0 saturated carbocycles. The molecule has 0 aliphatic carbocycles. The largest absolute Gasteiger partial charge is 0.347 e. The van der Waals surface area contributed by atoms with Crippen LogP contribution < -0.4 is 5.32 Å². The van der Waals surface area contributed by atoms with Gasteiger partial charge in [-0.3, -0.25) is 4.79 Å². The van der Waals surface area contributed by atoms with E-state index in [0.717, 1.165) is 22.5 Å². The summed E-state index contributed by atoms with van der Waals surface area (Å²) >= 11 is 0. The summed E-state index contributed by atoms with van der Waals surface area (Å²) in [5, 5.41) is 3.23. The van der Waals surface area contributed by atoms with E-state index in [1.54, 1.807) is 6.07 Å². The first-order valence-electron chi connectivity index (χ1n) is 9.71. The lowest BCUT2D eigenvalue weighted by molar-refractivity contribution is -0.181. The molecule has 1 amide bonds. The minimum absolute atomic E-state index is 0.0816. The van der Waals surface area contributed by atoms with Crippen molar-refractivity contribution < 1.29 is 14.3 Å². The highest BCUT2D eigenvalue weighted by Gasteiger charge is 2.41. The van der Waals surface area contributed by atoms with Gasteiger partial charge in [-0.05, 0) is 50.1 Å². The fourth-order valence-corrected chi connectivity index (χ4v) is 3.91. The Morgan fingerprint density at radius 2 is 1.64 bits per heavy atom. The summed E-state index contributed by atoms with van der Waals surface area (Å²) in [5.74, 6) is -0.139. The number of aryl methyl sites for hydroxylation is 3. The molecule has 3 heterocycles. The van der Waals surface area contributed by atoms with Crippen LogP contribution in [0.4, 0.5) is 11.6 Å². The Balaban J connectivity index is 1.49. The molecule has 2 aliphatic rings. The molecular weight excluding hydrogens is 356 g/mol. The van der Waals surface area contributed by atoms with Crippen molar-refractivity contribution in [2.45, 2.75) is 39.4 Å². The smallest absolute Gasteiger partial charge is 0.272 e. The molecule has 28 heavy (non-hydrogen) atoms.